The van der Waals surface area contributed by atoms with Crippen LogP contribution in [0.3, 0.4) is 0 Å². The first-order valence-electron chi connectivity index (χ1n) is 13.9. The highest BCUT2D eigenvalue weighted by Gasteiger charge is 2.52. The summed E-state index contributed by atoms with van der Waals surface area (Å²) in [5.41, 5.74) is 8.40. The highest BCUT2D eigenvalue weighted by molar-refractivity contribution is 6.07. The molecule has 42 heavy (non-hydrogen) atoms. The Morgan fingerprint density at radius 2 is 1.90 bits per heavy atom. The van der Waals surface area contributed by atoms with Crippen molar-refractivity contribution in [3.8, 4) is 0 Å². The van der Waals surface area contributed by atoms with Gasteiger partial charge in [0.05, 0.1) is 17.9 Å². The molecule has 0 fully saturated rings. The second kappa shape index (κ2) is 12.4. The van der Waals surface area contributed by atoms with Crippen LogP contribution in [0.5, 0.6) is 0 Å². The summed E-state index contributed by atoms with van der Waals surface area (Å²) in [6.45, 7) is 2.66. The zero-order valence-electron chi connectivity index (χ0n) is 23.4. The fourth-order valence-electron chi connectivity index (χ4n) is 5.15. The van der Waals surface area contributed by atoms with E-state index in [0.29, 0.717) is 47.6 Å². The molecular weight excluding hydrogens is 532 g/mol. The van der Waals surface area contributed by atoms with E-state index in [4.69, 9.17) is 10.8 Å². The van der Waals surface area contributed by atoms with Crippen molar-refractivity contribution in [2.75, 3.05) is 22.6 Å². The van der Waals surface area contributed by atoms with Crippen molar-refractivity contribution in [3.63, 3.8) is 0 Å². The lowest BCUT2D eigenvalue weighted by atomic mass is 9.83. The Kier molecular flexibility index (Phi) is 8.46. The van der Waals surface area contributed by atoms with Crippen LogP contribution in [0.1, 0.15) is 40.5 Å². The zero-order chi connectivity index (χ0) is 29.7. The van der Waals surface area contributed by atoms with E-state index in [-0.39, 0.29) is 19.1 Å². The molecule has 0 bridgehead atoms. The van der Waals surface area contributed by atoms with Gasteiger partial charge in [-0.05, 0) is 54.4 Å². The van der Waals surface area contributed by atoms with Crippen LogP contribution in [0, 0.1) is 5.92 Å². The molecule has 0 saturated heterocycles. The number of amides is 2. The number of para-hydroxylation sites is 1. The molecule has 2 heterocycles. The number of hydrogen-bond acceptors (Lipinski definition) is 7. The van der Waals surface area contributed by atoms with Gasteiger partial charge in [0, 0.05) is 54.2 Å². The minimum Gasteiger partial charge on any atom is -0.399 e. The van der Waals surface area contributed by atoms with E-state index in [2.05, 4.69) is 15.6 Å². The van der Waals surface area contributed by atoms with Gasteiger partial charge in [-0.25, -0.2) is 0 Å². The Hall–Kier alpha value is -4.80. The van der Waals surface area contributed by atoms with E-state index in [0.717, 1.165) is 11.3 Å². The predicted molar refractivity (Wildman–Crippen MR) is 161 cm³/mol. The number of aliphatic hydroxyl groups is 2. The molecule has 0 spiro atoms. The van der Waals surface area contributed by atoms with Crippen molar-refractivity contribution < 1.29 is 19.8 Å². The largest absolute Gasteiger partial charge is 0.399 e. The molecule has 5 rings (SSSR count). The number of benzene rings is 3. The Balaban J connectivity index is 1.29. The predicted octanol–water partition coefficient (Wildman–Crippen LogP) is 3.66. The van der Waals surface area contributed by atoms with Crippen molar-refractivity contribution in [2.24, 2.45) is 5.92 Å². The maximum Gasteiger partial charge on any atom is 0.264 e. The molecule has 1 aliphatic rings. The van der Waals surface area contributed by atoms with Crippen molar-refractivity contribution in [1.29, 1.82) is 0 Å². The lowest BCUT2D eigenvalue weighted by molar-refractivity contribution is -0.139. The monoisotopic (exact) mass is 566 g/mol. The van der Waals surface area contributed by atoms with Crippen LogP contribution in [0.25, 0.3) is 0 Å². The van der Waals surface area contributed by atoms with E-state index in [9.17, 15) is 14.7 Å². The second-order valence-corrected chi connectivity index (χ2v) is 10.4. The number of aliphatic hydroxyl groups excluding tert-OH is 1. The minimum absolute atomic E-state index is 0.0216. The number of aromatic nitrogens is 3. The smallest absolute Gasteiger partial charge is 0.264 e. The normalized spacial score (nSPS) is 17.0. The maximum absolute atomic E-state index is 13.8. The third-order valence-electron chi connectivity index (χ3n) is 7.44. The summed E-state index contributed by atoms with van der Waals surface area (Å²) in [5.74, 6) is -1.16. The van der Waals surface area contributed by atoms with Crippen LogP contribution >= 0.6 is 0 Å². The van der Waals surface area contributed by atoms with Crippen LogP contribution in [0.4, 0.5) is 17.1 Å². The number of aryl methyl sites for hydroxylation is 1. The summed E-state index contributed by atoms with van der Waals surface area (Å²) >= 11 is 0. The number of nitrogen functional groups attached to an aromatic ring is 1. The zero-order valence-corrected chi connectivity index (χ0v) is 23.4. The van der Waals surface area contributed by atoms with Crippen LogP contribution in [-0.4, -0.2) is 43.6 Å². The number of carbonyl (C=O) groups is 2. The molecule has 10 nitrogen and oxygen atoms in total. The van der Waals surface area contributed by atoms with E-state index in [1.54, 1.807) is 52.2 Å². The summed E-state index contributed by atoms with van der Waals surface area (Å²) in [5, 5.41) is 31.9. The Bertz CT molecular complexity index is 1600. The van der Waals surface area contributed by atoms with Gasteiger partial charge < -0.3 is 26.2 Å². The number of hydrogen-bond donors (Lipinski definition) is 4. The molecule has 1 aliphatic heterocycles. The SMILES string of the molecule is C[C@H](/C=C/CCn1cc(CCO)nn1)[C@@]1(O)C(=O)N(Cc2cccc(NC(=O)c3ccc(N)cc3)c2)c2ccccc21. The first-order chi connectivity index (χ1) is 20.3. The Morgan fingerprint density at radius 3 is 2.69 bits per heavy atom. The molecule has 0 radical (unpaired) electrons. The standard InChI is InChI=1S/C32H34N6O4/c1-22(7-4-5-17-37-21-27(16-18-39)35-36-37)32(42)28-10-2-3-11-29(28)38(31(32)41)20-23-8-6-9-26(19-23)34-30(40)24-12-14-25(33)15-13-24/h2-4,6-15,19,21-22,39,42H,5,16-18,20,33H2,1H3,(H,34,40)/b7-4+/t22-,32+/m1/s1. The van der Waals surface area contributed by atoms with E-state index in [1.807, 2.05) is 55.5 Å². The first-order valence-corrected chi connectivity index (χ1v) is 13.9. The summed E-state index contributed by atoms with van der Waals surface area (Å²) in [4.78, 5) is 28.1. The first kappa shape index (κ1) is 28.7. The maximum atomic E-state index is 13.8. The van der Waals surface area contributed by atoms with Gasteiger partial charge in [0.25, 0.3) is 11.8 Å². The quantitative estimate of drug-likeness (QED) is 0.160. The highest BCUT2D eigenvalue weighted by atomic mass is 16.3. The Labute approximate surface area is 244 Å². The van der Waals surface area contributed by atoms with Crippen molar-refractivity contribution in [1.82, 2.24) is 15.0 Å². The van der Waals surface area contributed by atoms with Gasteiger partial charge >= 0.3 is 0 Å². The molecule has 0 aliphatic carbocycles. The molecule has 3 aromatic carbocycles. The van der Waals surface area contributed by atoms with Gasteiger partial charge in [-0.1, -0.05) is 54.6 Å². The van der Waals surface area contributed by atoms with Gasteiger partial charge in [-0.15, -0.1) is 5.10 Å². The number of rotatable bonds is 11. The molecule has 2 atom stereocenters. The lowest BCUT2D eigenvalue weighted by Gasteiger charge is -2.27. The average Bonchev–Trinajstić information content (AvgIpc) is 3.53. The van der Waals surface area contributed by atoms with Gasteiger partial charge in [0.1, 0.15) is 0 Å². The van der Waals surface area contributed by atoms with Crippen molar-refractivity contribution in [2.45, 2.75) is 38.5 Å². The number of nitrogens with one attached hydrogen (secondary N) is 1. The third kappa shape index (κ3) is 5.95. The number of nitrogens with zero attached hydrogens (tertiary/aromatic N) is 4. The van der Waals surface area contributed by atoms with Crippen molar-refractivity contribution in [3.05, 3.63) is 114 Å². The number of carbonyl (C=O) groups excluding carboxylic acids is 2. The molecule has 4 aromatic rings. The van der Waals surface area contributed by atoms with E-state index in [1.165, 1.54) is 0 Å². The summed E-state index contributed by atoms with van der Waals surface area (Å²) in [7, 11) is 0. The fraction of sp³-hybridized carbons (Fsp3) is 0.250. The average molecular weight is 567 g/mol. The minimum atomic E-state index is -1.73. The second-order valence-electron chi connectivity index (χ2n) is 10.4. The molecular formula is C32H34N6O4. The van der Waals surface area contributed by atoms with Crippen molar-refractivity contribution >= 4 is 28.9 Å². The summed E-state index contributed by atoms with van der Waals surface area (Å²) < 4.78 is 1.71. The van der Waals surface area contributed by atoms with E-state index >= 15 is 0 Å². The van der Waals surface area contributed by atoms with Crippen LogP contribution in [0.2, 0.25) is 0 Å². The van der Waals surface area contributed by atoms with Gasteiger partial charge in [0.2, 0.25) is 0 Å². The molecule has 10 heteroatoms. The number of nitrogens with two attached hydrogens (primary N) is 1. The van der Waals surface area contributed by atoms with Crippen LogP contribution in [0.15, 0.2) is 91.1 Å². The topological polar surface area (TPSA) is 147 Å². The summed E-state index contributed by atoms with van der Waals surface area (Å²) in [6.07, 6.45) is 6.68. The van der Waals surface area contributed by atoms with Gasteiger partial charge in [-0.3, -0.25) is 14.3 Å². The molecule has 5 N–H and O–H groups in total. The Morgan fingerprint density at radius 1 is 1.12 bits per heavy atom. The molecule has 0 saturated carbocycles. The molecule has 2 amide bonds. The molecule has 216 valence electrons. The van der Waals surface area contributed by atoms with Gasteiger partial charge in [0.15, 0.2) is 5.60 Å². The van der Waals surface area contributed by atoms with Gasteiger partial charge in [-0.2, -0.15) is 0 Å². The lowest BCUT2D eigenvalue weighted by Crippen LogP contribution is -2.44. The van der Waals surface area contributed by atoms with Crippen LogP contribution < -0.4 is 16.0 Å². The molecule has 1 aromatic heterocycles. The van der Waals surface area contributed by atoms with Crippen LogP contribution in [-0.2, 0) is 29.9 Å². The highest BCUT2D eigenvalue weighted by Crippen LogP contribution is 2.45. The number of anilines is 3. The third-order valence-corrected chi connectivity index (χ3v) is 7.44. The number of fused-ring (bicyclic) bond motifs is 1. The van der Waals surface area contributed by atoms with E-state index < -0.39 is 17.4 Å². The fourth-order valence-corrected chi connectivity index (χ4v) is 5.15. The summed E-state index contributed by atoms with van der Waals surface area (Å²) in [6, 6.07) is 21.3. The number of allylic oxidation sites excluding steroid dienone is 1. The molecule has 0 unspecified atom stereocenters.